The van der Waals surface area contributed by atoms with Gasteiger partial charge in [0, 0.05) is 73.0 Å². The summed E-state index contributed by atoms with van der Waals surface area (Å²) in [5.74, 6) is 0.882. The average Bonchev–Trinajstić information content (AvgIpc) is 2.96. The summed E-state index contributed by atoms with van der Waals surface area (Å²) < 4.78 is 0. The molecule has 0 aliphatic carbocycles. The van der Waals surface area contributed by atoms with Crippen molar-refractivity contribution in [1.82, 2.24) is 24.8 Å². The Labute approximate surface area is 237 Å². The zero-order valence-electron chi connectivity index (χ0n) is 24.1. The molecule has 7 nitrogen and oxygen atoms in total. The van der Waals surface area contributed by atoms with E-state index in [0.29, 0.717) is 6.04 Å². The Morgan fingerprint density at radius 1 is 0.825 bits per heavy atom. The quantitative estimate of drug-likeness (QED) is 0.315. The number of rotatable bonds is 6. The first-order valence-electron chi connectivity index (χ1n) is 14.0. The summed E-state index contributed by atoms with van der Waals surface area (Å²) >= 11 is 0. The van der Waals surface area contributed by atoms with Crippen LogP contribution in [0, 0.1) is 0 Å². The third-order valence-electron chi connectivity index (χ3n) is 7.12. The Hall–Kier alpha value is -4.10. The van der Waals surface area contributed by atoms with Gasteiger partial charge in [0.15, 0.2) is 0 Å². The molecule has 1 saturated heterocycles. The second-order valence-electron chi connectivity index (χ2n) is 11.7. The molecule has 1 aromatic carbocycles. The predicted octanol–water partition coefficient (Wildman–Crippen LogP) is 6.25. The van der Waals surface area contributed by atoms with Gasteiger partial charge in [-0.15, -0.1) is 0 Å². The van der Waals surface area contributed by atoms with Crippen molar-refractivity contribution in [2.75, 3.05) is 31.5 Å². The third kappa shape index (κ3) is 6.54. The second-order valence-corrected chi connectivity index (χ2v) is 11.7. The van der Waals surface area contributed by atoms with Crippen molar-refractivity contribution >= 4 is 11.7 Å². The number of pyridine rings is 3. The molecule has 5 rings (SSSR count). The molecule has 1 fully saturated rings. The van der Waals surface area contributed by atoms with Crippen LogP contribution in [0.2, 0.25) is 0 Å². The summed E-state index contributed by atoms with van der Waals surface area (Å²) in [6, 6.07) is 20.5. The zero-order chi connectivity index (χ0) is 28.3. The van der Waals surface area contributed by atoms with Crippen molar-refractivity contribution in [3.8, 4) is 33.6 Å². The first-order valence-corrected chi connectivity index (χ1v) is 14.0. The topological polar surface area (TPSA) is 74.2 Å². The maximum atomic E-state index is 13.1. The molecule has 4 heterocycles. The monoisotopic (exact) mass is 534 g/mol. The second kappa shape index (κ2) is 11.6. The molecule has 0 saturated carbocycles. The van der Waals surface area contributed by atoms with Crippen LogP contribution in [-0.4, -0.2) is 68.4 Å². The minimum absolute atomic E-state index is 0.0968. The van der Waals surface area contributed by atoms with Gasteiger partial charge in [-0.1, -0.05) is 18.2 Å². The molecule has 1 amide bonds. The fourth-order valence-corrected chi connectivity index (χ4v) is 4.98. The number of amides is 1. The van der Waals surface area contributed by atoms with Gasteiger partial charge in [-0.3, -0.25) is 19.7 Å². The normalized spacial score (nSPS) is 14.4. The standard InChI is InChI=1S/C33H38N6O/c1-23(2)38-14-16-39(17-15-38)32(40)25-11-9-24(10-12-25)27-18-28(22-34-21-27)26-19-30(29-8-6-7-13-35-29)36-31(20-26)37-33(3,4)5/h6-13,18-23H,14-17H2,1-5H3,(H,36,37). The fourth-order valence-electron chi connectivity index (χ4n) is 4.98. The highest BCUT2D eigenvalue weighted by Crippen LogP contribution is 2.30. The number of carbonyl (C=O) groups excluding carboxylic acids is 1. The Morgan fingerprint density at radius 2 is 1.52 bits per heavy atom. The van der Waals surface area contributed by atoms with Gasteiger partial charge < -0.3 is 10.2 Å². The van der Waals surface area contributed by atoms with Gasteiger partial charge in [-0.25, -0.2) is 4.98 Å². The molecule has 3 aromatic heterocycles. The third-order valence-corrected chi connectivity index (χ3v) is 7.12. The van der Waals surface area contributed by atoms with Gasteiger partial charge in [0.25, 0.3) is 5.91 Å². The van der Waals surface area contributed by atoms with Gasteiger partial charge in [0.1, 0.15) is 5.82 Å². The van der Waals surface area contributed by atoms with Crippen molar-refractivity contribution in [2.24, 2.45) is 0 Å². The van der Waals surface area contributed by atoms with E-state index in [1.165, 1.54) is 0 Å². The van der Waals surface area contributed by atoms with Crippen LogP contribution in [0.4, 0.5) is 5.82 Å². The number of nitrogens with zero attached hydrogens (tertiary/aromatic N) is 5. The number of hydrogen-bond donors (Lipinski definition) is 1. The molecular formula is C33H38N6O. The average molecular weight is 535 g/mol. The molecule has 0 bridgehead atoms. The fraction of sp³-hybridized carbons (Fsp3) is 0.333. The van der Waals surface area contributed by atoms with Crippen molar-refractivity contribution in [1.29, 1.82) is 0 Å². The molecule has 0 atom stereocenters. The lowest BCUT2D eigenvalue weighted by molar-refractivity contribution is 0.0595. The van der Waals surface area contributed by atoms with Crippen LogP contribution in [0.25, 0.3) is 33.6 Å². The van der Waals surface area contributed by atoms with Crippen LogP contribution in [0.3, 0.4) is 0 Å². The molecule has 7 heteroatoms. The van der Waals surface area contributed by atoms with Crippen molar-refractivity contribution in [2.45, 2.75) is 46.2 Å². The SMILES string of the molecule is CC(C)N1CCN(C(=O)c2ccc(-c3cncc(-c4cc(NC(C)(C)C)nc(-c5ccccn5)c4)c3)cc2)CC1. The molecule has 1 N–H and O–H groups in total. The van der Waals surface area contributed by atoms with Crippen molar-refractivity contribution in [3.63, 3.8) is 0 Å². The van der Waals surface area contributed by atoms with E-state index >= 15 is 0 Å². The highest BCUT2D eigenvalue weighted by Gasteiger charge is 2.23. The molecule has 206 valence electrons. The molecule has 40 heavy (non-hydrogen) atoms. The molecular weight excluding hydrogens is 496 g/mol. The summed E-state index contributed by atoms with van der Waals surface area (Å²) in [4.78, 5) is 31.4. The number of piperazine rings is 1. The molecule has 0 unspecified atom stereocenters. The number of aromatic nitrogens is 3. The molecule has 4 aromatic rings. The van der Waals surface area contributed by atoms with Crippen LogP contribution < -0.4 is 5.32 Å². The van der Waals surface area contributed by atoms with Gasteiger partial charge in [0.2, 0.25) is 0 Å². The van der Waals surface area contributed by atoms with Crippen LogP contribution >= 0.6 is 0 Å². The van der Waals surface area contributed by atoms with Gasteiger partial charge in [-0.05, 0) is 88.2 Å². The van der Waals surface area contributed by atoms with Crippen LogP contribution in [0.1, 0.15) is 45.0 Å². The molecule has 1 aliphatic rings. The van der Waals surface area contributed by atoms with Gasteiger partial charge in [0.05, 0.1) is 11.4 Å². The Kier molecular flexibility index (Phi) is 7.94. The first kappa shape index (κ1) is 27.5. The van der Waals surface area contributed by atoms with Crippen LogP contribution in [-0.2, 0) is 0 Å². The Morgan fingerprint density at radius 3 is 2.15 bits per heavy atom. The first-order chi connectivity index (χ1) is 19.2. The Bertz CT molecular complexity index is 1450. The lowest BCUT2D eigenvalue weighted by Crippen LogP contribution is -2.50. The molecule has 0 radical (unpaired) electrons. The van der Waals surface area contributed by atoms with Gasteiger partial charge in [-0.2, -0.15) is 0 Å². The lowest BCUT2D eigenvalue weighted by Gasteiger charge is -2.37. The van der Waals surface area contributed by atoms with Gasteiger partial charge >= 0.3 is 0 Å². The van der Waals surface area contributed by atoms with Crippen molar-refractivity contribution in [3.05, 3.63) is 84.8 Å². The minimum atomic E-state index is -0.145. The highest BCUT2D eigenvalue weighted by molar-refractivity contribution is 5.95. The summed E-state index contributed by atoms with van der Waals surface area (Å²) in [7, 11) is 0. The maximum Gasteiger partial charge on any atom is 0.253 e. The number of hydrogen-bond acceptors (Lipinski definition) is 6. The van der Waals surface area contributed by atoms with E-state index < -0.39 is 0 Å². The molecule has 1 aliphatic heterocycles. The lowest BCUT2D eigenvalue weighted by atomic mass is 10.00. The van der Waals surface area contributed by atoms with E-state index in [0.717, 1.165) is 71.2 Å². The Balaban J connectivity index is 1.39. The van der Waals surface area contributed by atoms with E-state index in [-0.39, 0.29) is 11.4 Å². The summed E-state index contributed by atoms with van der Waals surface area (Å²) in [5.41, 5.74) is 6.18. The van der Waals surface area contributed by atoms with E-state index in [4.69, 9.17) is 4.98 Å². The number of anilines is 1. The number of nitrogens with one attached hydrogen (secondary N) is 1. The van der Waals surface area contributed by atoms with E-state index in [9.17, 15) is 4.79 Å². The van der Waals surface area contributed by atoms with Crippen LogP contribution in [0.5, 0.6) is 0 Å². The van der Waals surface area contributed by atoms with E-state index in [1.807, 2.05) is 59.8 Å². The smallest absolute Gasteiger partial charge is 0.253 e. The zero-order valence-corrected chi connectivity index (χ0v) is 24.1. The van der Waals surface area contributed by atoms with Crippen LogP contribution in [0.15, 0.2) is 79.3 Å². The summed E-state index contributed by atoms with van der Waals surface area (Å²) in [5, 5.41) is 3.50. The number of carbonyl (C=O) groups is 1. The largest absolute Gasteiger partial charge is 0.365 e. The maximum absolute atomic E-state index is 13.1. The summed E-state index contributed by atoms with van der Waals surface area (Å²) in [6.07, 6.45) is 5.51. The van der Waals surface area contributed by atoms with E-state index in [2.05, 4.69) is 73.0 Å². The molecule has 0 spiro atoms. The highest BCUT2D eigenvalue weighted by atomic mass is 16.2. The predicted molar refractivity (Wildman–Crippen MR) is 162 cm³/mol. The van der Waals surface area contributed by atoms with E-state index in [1.54, 1.807) is 6.20 Å². The van der Waals surface area contributed by atoms with Crippen molar-refractivity contribution < 1.29 is 4.79 Å². The summed E-state index contributed by atoms with van der Waals surface area (Å²) in [6.45, 7) is 14.1. The number of benzene rings is 1. The minimum Gasteiger partial charge on any atom is -0.365 e.